The Hall–Kier alpha value is -0.0300. The van der Waals surface area contributed by atoms with E-state index < -0.39 is 0 Å². The van der Waals surface area contributed by atoms with Crippen LogP contribution in [-0.4, -0.2) is 11.5 Å². The first kappa shape index (κ1) is 13.6. The minimum atomic E-state index is 0. The van der Waals surface area contributed by atoms with Gasteiger partial charge in [0.15, 0.2) is 5.13 Å². The Morgan fingerprint density at radius 3 is 2.45 bits per heavy atom. The van der Waals surface area contributed by atoms with Crippen LogP contribution in [-0.2, 0) is 6.42 Å². The highest BCUT2D eigenvalue weighted by atomic mass is 35.5. The van der Waals surface area contributed by atoms with Crippen LogP contribution in [0.4, 0.5) is 5.13 Å². The third kappa shape index (κ3) is 4.42. The Morgan fingerprint density at radius 1 is 1.45 bits per heavy atom. The van der Waals surface area contributed by atoms with Crippen molar-refractivity contribution in [2.75, 3.05) is 12.3 Å². The van der Waals surface area contributed by atoms with Crippen molar-refractivity contribution in [3.05, 3.63) is 11.1 Å². The molecule has 0 atom stereocenters. The molecular weight excluding hydrogens is 205 g/mol. The van der Waals surface area contributed by atoms with E-state index in [-0.39, 0.29) is 24.8 Å². The quantitative estimate of drug-likeness (QED) is 0.777. The van der Waals surface area contributed by atoms with Crippen molar-refractivity contribution in [2.45, 2.75) is 6.42 Å². The summed E-state index contributed by atoms with van der Waals surface area (Å²) in [6.07, 6.45) is 0.827. The number of nitrogens with zero attached hydrogens (tertiary/aromatic N) is 1. The lowest BCUT2D eigenvalue weighted by molar-refractivity contribution is 0.937. The van der Waals surface area contributed by atoms with Gasteiger partial charge in [-0.15, -0.1) is 36.2 Å². The minimum Gasteiger partial charge on any atom is -0.375 e. The van der Waals surface area contributed by atoms with E-state index in [2.05, 4.69) is 4.98 Å². The zero-order valence-electron chi connectivity index (χ0n) is 5.82. The molecule has 0 bridgehead atoms. The Morgan fingerprint density at radius 2 is 2.09 bits per heavy atom. The number of anilines is 1. The molecule has 0 aliphatic heterocycles. The fraction of sp³-hybridized carbons (Fsp3) is 0.400. The van der Waals surface area contributed by atoms with Gasteiger partial charge in [-0.1, -0.05) is 0 Å². The van der Waals surface area contributed by atoms with E-state index in [1.54, 1.807) is 0 Å². The number of nitrogen functional groups attached to an aromatic ring is 1. The molecule has 0 unspecified atom stereocenters. The minimum absolute atomic E-state index is 0. The predicted molar refractivity (Wildman–Crippen MR) is 53.8 cm³/mol. The largest absolute Gasteiger partial charge is 0.375 e. The smallest absolute Gasteiger partial charge is 0.180 e. The van der Waals surface area contributed by atoms with Gasteiger partial charge in [-0.25, -0.2) is 4.98 Å². The van der Waals surface area contributed by atoms with Crippen molar-refractivity contribution < 1.29 is 0 Å². The third-order valence-corrected chi connectivity index (χ3v) is 1.69. The number of rotatable bonds is 2. The molecular formula is C5H11Cl2N3S. The third-order valence-electron chi connectivity index (χ3n) is 0.970. The first-order chi connectivity index (χ1) is 4.33. The summed E-state index contributed by atoms with van der Waals surface area (Å²) in [5.41, 5.74) is 11.7. The van der Waals surface area contributed by atoms with Gasteiger partial charge in [-0.3, -0.25) is 0 Å². The number of thiazole rings is 1. The van der Waals surface area contributed by atoms with Crippen LogP contribution in [0.1, 0.15) is 5.69 Å². The highest BCUT2D eigenvalue weighted by Gasteiger charge is 1.94. The topological polar surface area (TPSA) is 64.9 Å². The van der Waals surface area contributed by atoms with E-state index in [9.17, 15) is 0 Å². The molecule has 0 radical (unpaired) electrons. The van der Waals surface area contributed by atoms with Crippen LogP contribution in [0.25, 0.3) is 0 Å². The zero-order valence-corrected chi connectivity index (χ0v) is 8.27. The molecule has 0 saturated heterocycles. The molecule has 0 amide bonds. The van der Waals surface area contributed by atoms with E-state index in [0.29, 0.717) is 11.7 Å². The van der Waals surface area contributed by atoms with Gasteiger partial charge in [0.05, 0.1) is 5.69 Å². The Bertz CT molecular complexity index is 192. The summed E-state index contributed by atoms with van der Waals surface area (Å²) < 4.78 is 0. The van der Waals surface area contributed by atoms with Crippen molar-refractivity contribution in [3.63, 3.8) is 0 Å². The molecule has 1 rings (SSSR count). The standard InChI is InChI=1S/C5H9N3S.2ClH/c6-2-1-4-3-9-5(7)8-4;;/h3H,1-2,6H2,(H2,7,8);2*1H. The molecule has 0 aliphatic rings. The number of nitrogens with two attached hydrogens (primary N) is 2. The molecule has 0 fully saturated rings. The van der Waals surface area contributed by atoms with Crippen molar-refractivity contribution in [1.82, 2.24) is 4.98 Å². The van der Waals surface area contributed by atoms with E-state index in [1.807, 2.05) is 5.38 Å². The maximum absolute atomic E-state index is 5.38. The monoisotopic (exact) mass is 215 g/mol. The van der Waals surface area contributed by atoms with Gasteiger partial charge in [0.1, 0.15) is 0 Å². The summed E-state index contributed by atoms with van der Waals surface area (Å²) in [4.78, 5) is 4.02. The lowest BCUT2D eigenvalue weighted by atomic mass is 10.3. The van der Waals surface area contributed by atoms with Crippen LogP contribution in [0, 0.1) is 0 Å². The van der Waals surface area contributed by atoms with Crippen LogP contribution in [0.15, 0.2) is 5.38 Å². The fourth-order valence-electron chi connectivity index (χ4n) is 0.585. The molecule has 4 N–H and O–H groups in total. The van der Waals surface area contributed by atoms with Crippen molar-refractivity contribution in [2.24, 2.45) is 5.73 Å². The summed E-state index contributed by atoms with van der Waals surface area (Å²) in [6.45, 7) is 0.642. The molecule has 66 valence electrons. The van der Waals surface area contributed by atoms with Crippen LogP contribution in [0.2, 0.25) is 0 Å². The molecule has 6 heteroatoms. The maximum Gasteiger partial charge on any atom is 0.180 e. The summed E-state index contributed by atoms with van der Waals surface area (Å²) >= 11 is 1.46. The van der Waals surface area contributed by atoms with Crippen LogP contribution in [0.3, 0.4) is 0 Å². The SMILES string of the molecule is Cl.Cl.NCCc1csc(N)n1. The van der Waals surface area contributed by atoms with Crippen molar-refractivity contribution in [1.29, 1.82) is 0 Å². The summed E-state index contributed by atoms with van der Waals surface area (Å²) in [7, 11) is 0. The molecule has 3 nitrogen and oxygen atoms in total. The van der Waals surface area contributed by atoms with Gasteiger partial charge in [0, 0.05) is 11.8 Å². The highest BCUT2D eigenvalue weighted by molar-refractivity contribution is 7.13. The maximum atomic E-state index is 5.38. The normalized spacial score (nSPS) is 8.09. The molecule has 1 heterocycles. The molecule has 0 aliphatic carbocycles. The van der Waals surface area contributed by atoms with Crippen LogP contribution in [0.5, 0.6) is 0 Å². The van der Waals surface area contributed by atoms with E-state index in [0.717, 1.165) is 12.1 Å². The van der Waals surface area contributed by atoms with E-state index in [4.69, 9.17) is 11.5 Å². The Balaban J connectivity index is 0. The van der Waals surface area contributed by atoms with Crippen molar-refractivity contribution in [3.8, 4) is 0 Å². The molecule has 1 aromatic rings. The van der Waals surface area contributed by atoms with E-state index >= 15 is 0 Å². The highest BCUT2D eigenvalue weighted by Crippen LogP contribution is 2.10. The number of hydrogen-bond acceptors (Lipinski definition) is 4. The molecule has 11 heavy (non-hydrogen) atoms. The average Bonchev–Trinajstić information content (AvgIpc) is 2.17. The lowest BCUT2D eigenvalue weighted by Crippen LogP contribution is -2.02. The molecule has 0 spiro atoms. The average molecular weight is 216 g/mol. The first-order valence-electron chi connectivity index (χ1n) is 2.73. The van der Waals surface area contributed by atoms with Crippen LogP contribution >= 0.6 is 36.2 Å². The predicted octanol–water partition coefficient (Wildman–Crippen LogP) is 1.07. The second-order valence-corrected chi connectivity index (χ2v) is 2.61. The zero-order chi connectivity index (χ0) is 6.69. The Labute approximate surface area is 82.0 Å². The first-order valence-corrected chi connectivity index (χ1v) is 3.61. The lowest BCUT2D eigenvalue weighted by Gasteiger charge is -1.86. The number of aromatic nitrogens is 1. The van der Waals surface area contributed by atoms with Gasteiger partial charge < -0.3 is 11.5 Å². The second kappa shape index (κ2) is 6.67. The fourth-order valence-corrected chi connectivity index (χ4v) is 1.18. The molecule has 1 aromatic heterocycles. The molecule has 0 saturated carbocycles. The summed E-state index contributed by atoms with van der Waals surface area (Å²) in [5.74, 6) is 0. The summed E-state index contributed by atoms with van der Waals surface area (Å²) in [6, 6.07) is 0. The summed E-state index contributed by atoms with van der Waals surface area (Å²) in [5, 5.41) is 2.56. The van der Waals surface area contributed by atoms with Gasteiger partial charge in [-0.2, -0.15) is 0 Å². The second-order valence-electron chi connectivity index (χ2n) is 1.72. The number of hydrogen-bond donors (Lipinski definition) is 2. The van der Waals surface area contributed by atoms with Crippen LogP contribution < -0.4 is 11.5 Å². The van der Waals surface area contributed by atoms with Gasteiger partial charge in [0.25, 0.3) is 0 Å². The van der Waals surface area contributed by atoms with Gasteiger partial charge in [0.2, 0.25) is 0 Å². The van der Waals surface area contributed by atoms with Crippen molar-refractivity contribution >= 4 is 41.3 Å². The van der Waals surface area contributed by atoms with Gasteiger partial charge >= 0.3 is 0 Å². The van der Waals surface area contributed by atoms with Gasteiger partial charge in [-0.05, 0) is 6.54 Å². The number of halogens is 2. The molecule has 0 aromatic carbocycles. The van der Waals surface area contributed by atoms with E-state index in [1.165, 1.54) is 11.3 Å². The Kier molecular flexibility index (Phi) is 8.21.